The average molecular weight is 289 g/mol. The monoisotopic (exact) mass is 289 g/mol. The van der Waals surface area contributed by atoms with Gasteiger partial charge in [-0.15, -0.1) is 0 Å². The maximum Gasteiger partial charge on any atom is 0.313 e. The van der Waals surface area contributed by atoms with Gasteiger partial charge in [0.05, 0.1) is 24.8 Å². The van der Waals surface area contributed by atoms with Gasteiger partial charge in [0.15, 0.2) is 0 Å². The number of para-hydroxylation sites is 1. The first-order valence-electron chi connectivity index (χ1n) is 6.60. The summed E-state index contributed by atoms with van der Waals surface area (Å²) >= 11 is 0. The average Bonchev–Trinajstić information content (AvgIpc) is 3.04. The number of ether oxygens (including phenoxy) is 1. The van der Waals surface area contributed by atoms with E-state index in [2.05, 4.69) is 5.32 Å². The molecule has 1 fully saturated rings. The van der Waals surface area contributed by atoms with E-state index in [1.807, 2.05) is 12.1 Å². The summed E-state index contributed by atoms with van der Waals surface area (Å²) < 4.78 is 10.5. The van der Waals surface area contributed by atoms with Crippen LogP contribution in [0.4, 0.5) is 0 Å². The SMILES string of the molecule is CC1(C(=O)O)COCC1NC(=O)c1coc2ccccc12. The molecule has 1 aliphatic rings. The van der Waals surface area contributed by atoms with E-state index in [9.17, 15) is 14.7 Å². The molecule has 3 rings (SSSR count). The van der Waals surface area contributed by atoms with Crippen LogP contribution in [0.3, 0.4) is 0 Å². The smallest absolute Gasteiger partial charge is 0.313 e. The summed E-state index contributed by atoms with van der Waals surface area (Å²) in [6.07, 6.45) is 1.38. The van der Waals surface area contributed by atoms with Crippen molar-refractivity contribution < 1.29 is 23.8 Å². The number of rotatable bonds is 3. The van der Waals surface area contributed by atoms with Gasteiger partial charge in [-0.2, -0.15) is 0 Å². The van der Waals surface area contributed by atoms with Gasteiger partial charge in [-0.25, -0.2) is 0 Å². The van der Waals surface area contributed by atoms with Crippen molar-refractivity contribution in [2.24, 2.45) is 5.41 Å². The van der Waals surface area contributed by atoms with Crippen LogP contribution in [0.15, 0.2) is 34.9 Å². The van der Waals surface area contributed by atoms with Crippen molar-refractivity contribution >= 4 is 22.8 Å². The molecule has 0 saturated carbocycles. The first kappa shape index (κ1) is 13.6. The highest BCUT2D eigenvalue weighted by atomic mass is 16.5. The number of nitrogens with one attached hydrogen (secondary N) is 1. The summed E-state index contributed by atoms with van der Waals surface area (Å²) in [6, 6.07) is 6.62. The Balaban J connectivity index is 1.85. The van der Waals surface area contributed by atoms with Crippen molar-refractivity contribution in [2.75, 3.05) is 13.2 Å². The molecule has 21 heavy (non-hydrogen) atoms. The van der Waals surface area contributed by atoms with Gasteiger partial charge in [-0.05, 0) is 13.0 Å². The maximum absolute atomic E-state index is 12.4. The molecule has 1 aromatic carbocycles. The first-order valence-corrected chi connectivity index (χ1v) is 6.60. The van der Waals surface area contributed by atoms with Crippen LogP contribution in [-0.2, 0) is 9.53 Å². The molecule has 0 spiro atoms. The number of carboxylic acid groups (broad SMARTS) is 1. The molecule has 6 nitrogen and oxygen atoms in total. The number of amides is 1. The number of carboxylic acids is 1. The van der Waals surface area contributed by atoms with Gasteiger partial charge >= 0.3 is 5.97 Å². The second-order valence-electron chi connectivity index (χ2n) is 5.41. The summed E-state index contributed by atoms with van der Waals surface area (Å²) in [6.45, 7) is 1.84. The zero-order valence-corrected chi connectivity index (χ0v) is 11.5. The summed E-state index contributed by atoms with van der Waals surface area (Å²) in [4.78, 5) is 23.7. The molecule has 6 heteroatoms. The van der Waals surface area contributed by atoms with E-state index >= 15 is 0 Å². The molecule has 0 bridgehead atoms. The molecule has 2 unspecified atom stereocenters. The van der Waals surface area contributed by atoms with Gasteiger partial charge < -0.3 is 19.6 Å². The largest absolute Gasteiger partial charge is 0.481 e. The molecule has 110 valence electrons. The number of fused-ring (bicyclic) bond motifs is 1. The lowest BCUT2D eigenvalue weighted by atomic mass is 9.85. The Morgan fingerprint density at radius 1 is 1.38 bits per heavy atom. The van der Waals surface area contributed by atoms with Gasteiger partial charge in [0.25, 0.3) is 5.91 Å². The molecule has 2 aromatic rings. The van der Waals surface area contributed by atoms with Crippen LogP contribution in [0, 0.1) is 5.41 Å². The Morgan fingerprint density at radius 2 is 2.14 bits per heavy atom. The maximum atomic E-state index is 12.4. The molecule has 1 aromatic heterocycles. The normalized spacial score (nSPS) is 25.1. The molecule has 2 atom stereocenters. The molecule has 0 aliphatic carbocycles. The van der Waals surface area contributed by atoms with Crippen molar-refractivity contribution in [1.29, 1.82) is 0 Å². The molecule has 1 aliphatic heterocycles. The third-order valence-electron chi connectivity index (χ3n) is 3.98. The fourth-order valence-corrected chi connectivity index (χ4v) is 2.47. The Morgan fingerprint density at radius 3 is 2.90 bits per heavy atom. The molecule has 1 amide bonds. The minimum absolute atomic E-state index is 0.0828. The van der Waals surface area contributed by atoms with E-state index in [0.29, 0.717) is 16.5 Å². The Hall–Kier alpha value is -2.34. The third-order valence-corrected chi connectivity index (χ3v) is 3.98. The summed E-state index contributed by atoms with van der Waals surface area (Å²) in [5.74, 6) is -1.34. The minimum Gasteiger partial charge on any atom is -0.481 e. The zero-order valence-electron chi connectivity index (χ0n) is 11.5. The number of carbonyl (C=O) groups is 2. The van der Waals surface area contributed by atoms with Gasteiger partial charge in [-0.1, -0.05) is 18.2 Å². The summed E-state index contributed by atoms with van der Waals surface area (Å²) in [7, 11) is 0. The summed E-state index contributed by atoms with van der Waals surface area (Å²) in [5.41, 5.74) is -0.105. The van der Waals surface area contributed by atoms with Crippen molar-refractivity contribution in [1.82, 2.24) is 5.32 Å². The zero-order chi connectivity index (χ0) is 15.0. The van der Waals surface area contributed by atoms with Crippen LogP contribution in [0.2, 0.25) is 0 Å². The fraction of sp³-hybridized carbons (Fsp3) is 0.333. The van der Waals surface area contributed by atoms with E-state index in [-0.39, 0.29) is 19.1 Å². The highest BCUT2D eigenvalue weighted by Crippen LogP contribution is 2.29. The molecule has 2 N–H and O–H groups in total. The number of benzene rings is 1. The minimum atomic E-state index is -1.12. The number of hydrogen-bond acceptors (Lipinski definition) is 4. The number of aliphatic carboxylic acids is 1. The third kappa shape index (κ3) is 2.17. The van der Waals surface area contributed by atoms with Crippen molar-refractivity contribution in [3.05, 3.63) is 36.1 Å². The van der Waals surface area contributed by atoms with Gasteiger partial charge in [0, 0.05) is 5.39 Å². The molecule has 2 heterocycles. The van der Waals surface area contributed by atoms with Gasteiger partial charge in [0.2, 0.25) is 0 Å². The second kappa shape index (κ2) is 4.89. The predicted octanol–water partition coefficient (Wildman–Crippen LogP) is 1.65. The van der Waals surface area contributed by atoms with Crippen molar-refractivity contribution in [2.45, 2.75) is 13.0 Å². The predicted molar refractivity (Wildman–Crippen MR) is 74.0 cm³/mol. The molecule has 0 radical (unpaired) electrons. The van der Waals surface area contributed by atoms with Crippen LogP contribution in [-0.4, -0.2) is 36.2 Å². The second-order valence-corrected chi connectivity index (χ2v) is 5.41. The van der Waals surface area contributed by atoms with Crippen LogP contribution >= 0.6 is 0 Å². The van der Waals surface area contributed by atoms with E-state index in [1.165, 1.54) is 6.26 Å². The van der Waals surface area contributed by atoms with Gasteiger partial charge in [-0.3, -0.25) is 9.59 Å². The van der Waals surface area contributed by atoms with E-state index in [0.717, 1.165) is 0 Å². The highest BCUT2D eigenvalue weighted by Gasteiger charge is 2.47. The van der Waals surface area contributed by atoms with Crippen molar-refractivity contribution in [3.8, 4) is 0 Å². The van der Waals surface area contributed by atoms with Gasteiger partial charge in [0.1, 0.15) is 17.3 Å². The van der Waals surface area contributed by atoms with Crippen LogP contribution in [0.5, 0.6) is 0 Å². The van der Waals surface area contributed by atoms with Crippen LogP contribution < -0.4 is 5.32 Å². The summed E-state index contributed by atoms with van der Waals surface area (Å²) in [5, 5.41) is 12.7. The quantitative estimate of drug-likeness (QED) is 0.897. The number of carbonyl (C=O) groups excluding carboxylic acids is 1. The number of hydrogen-bond donors (Lipinski definition) is 2. The van der Waals surface area contributed by atoms with E-state index in [1.54, 1.807) is 19.1 Å². The lowest BCUT2D eigenvalue weighted by molar-refractivity contribution is -0.148. The highest BCUT2D eigenvalue weighted by molar-refractivity contribution is 6.06. The standard InChI is InChI=1S/C15H15NO5/c1-15(14(18)19)8-20-7-12(15)16-13(17)10-6-21-11-5-3-2-4-9(10)11/h2-6,12H,7-8H2,1H3,(H,16,17)(H,18,19). The van der Waals surface area contributed by atoms with Crippen molar-refractivity contribution in [3.63, 3.8) is 0 Å². The fourth-order valence-electron chi connectivity index (χ4n) is 2.47. The molecule has 1 saturated heterocycles. The Bertz CT molecular complexity index is 707. The Kier molecular flexibility index (Phi) is 3.17. The topological polar surface area (TPSA) is 88.8 Å². The number of furan rings is 1. The van der Waals surface area contributed by atoms with E-state index in [4.69, 9.17) is 9.15 Å². The first-order chi connectivity index (χ1) is 10.0. The Labute approximate surface area is 120 Å². The lowest BCUT2D eigenvalue weighted by Crippen LogP contribution is -2.49. The van der Waals surface area contributed by atoms with E-state index < -0.39 is 17.4 Å². The molecular formula is C15H15NO5. The lowest BCUT2D eigenvalue weighted by Gasteiger charge is -2.25. The van der Waals surface area contributed by atoms with Crippen LogP contribution in [0.25, 0.3) is 11.0 Å². The van der Waals surface area contributed by atoms with Crippen LogP contribution in [0.1, 0.15) is 17.3 Å². The molecular weight excluding hydrogens is 274 g/mol.